The second-order valence-corrected chi connectivity index (χ2v) is 6.51. The molecule has 0 saturated carbocycles. The normalized spacial score (nSPS) is 10.8. The zero-order valence-electron chi connectivity index (χ0n) is 11.5. The van der Waals surface area contributed by atoms with Gasteiger partial charge < -0.3 is 0 Å². The number of nitrogens with zero attached hydrogens (tertiary/aromatic N) is 2. The van der Waals surface area contributed by atoms with Gasteiger partial charge in [-0.25, -0.2) is 9.37 Å². The van der Waals surface area contributed by atoms with Gasteiger partial charge in [0.15, 0.2) is 5.78 Å². The molecule has 0 radical (unpaired) electrons. The molecule has 0 atom stereocenters. The van der Waals surface area contributed by atoms with Crippen LogP contribution < -0.4 is 0 Å². The number of nitrogens with one attached hydrogen (secondary N) is 1. The van der Waals surface area contributed by atoms with E-state index in [2.05, 4.69) is 15.2 Å². The van der Waals surface area contributed by atoms with Gasteiger partial charge in [0, 0.05) is 16.9 Å². The molecule has 2 heterocycles. The summed E-state index contributed by atoms with van der Waals surface area (Å²) in [5.74, 6) is 0.576. The van der Waals surface area contributed by atoms with E-state index in [-0.39, 0.29) is 17.4 Å². The topological polar surface area (TPSA) is 58.6 Å². The van der Waals surface area contributed by atoms with Crippen molar-refractivity contribution in [1.82, 2.24) is 15.2 Å². The molecule has 1 N–H and O–H groups in total. The molecule has 3 aromatic rings. The van der Waals surface area contributed by atoms with Crippen LogP contribution in [0.15, 0.2) is 46.9 Å². The highest BCUT2D eigenvalue weighted by Crippen LogP contribution is 2.17. The lowest BCUT2D eigenvalue weighted by atomic mass is 10.1. The van der Waals surface area contributed by atoms with E-state index in [1.54, 1.807) is 11.3 Å². The second kappa shape index (κ2) is 6.85. The van der Waals surface area contributed by atoms with Gasteiger partial charge in [-0.15, -0.1) is 16.4 Å². The van der Waals surface area contributed by atoms with Crippen molar-refractivity contribution in [1.29, 1.82) is 0 Å². The molecular formula is C15H12FN3OS2. The summed E-state index contributed by atoms with van der Waals surface area (Å²) in [6.07, 6.45) is 0.705. The van der Waals surface area contributed by atoms with E-state index < -0.39 is 0 Å². The summed E-state index contributed by atoms with van der Waals surface area (Å²) in [7, 11) is 0. The minimum absolute atomic E-state index is 0.0744. The Morgan fingerprint density at radius 2 is 2.09 bits per heavy atom. The molecule has 0 spiro atoms. The van der Waals surface area contributed by atoms with Gasteiger partial charge in [-0.05, 0) is 35.7 Å². The van der Waals surface area contributed by atoms with Crippen LogP contribution in [0.3, 0.4) is 0 Å². The lowest BCUT2D eigenvalue weighted by molar-refractivity contribution is 0.102. The predicted octanol–water partition coefficient (Wildman–Crippen LogP) is 3.57. The Bertz CT molecular complexity index is 753. The van der Waals surface area contributed by atoms with Gasteiger partial charge in [-0.2, -0.15) is 0 Å². The third-order valence-electron chi connectivity index (χ3n) is 2.93. The third-order valence-corrected chi connectivity index (χ3v) is 4.66. The fourth-order valence-electron chi connectivity index (χ4n) is 1.85. The fraction of sp³-hybridized carbons (Fsp3) is 0.133. The maximum atomic E-state index is 12.8. The number of hydrogen-bond acceptors (Lipinski definition) is 5. The lowest BCUT2D eigenvalue weighted by Gasteiger charge is -1.98. The van der Waals surface area contributed by atoms with Crippen molar-refractivity contribution in [3.63, 3.8) is 0 Å². The highest BCUT2D eigenvalue weighted by molar-refractivity contribution is 7.99. The molecule has 3 rings (SSSR count). The summed E-state index contributed by atoms with van der Waals surface area (Å²) < 4.78 is 12.8. The van der Waals surface area contributed by atoms with Crippen LogP contribution in [0.2, 0.25) is 0 Å². The van der Waals surface area contributed by atoms with E-state index in [4.69, 9.17) is 0 Å². The summed E-state index contributed by atoms with van der Waals surface area (Å²) in [5.41, 5.74) is 0.489. The highest BCUT2D eigenvalue weighted by atomic mass is 32.2. The van der Waals surface area contributed by atoms with Crippen LogP contribution >= 0.6 is 23.1 Å². The van der Waals surface area contributed by atoms with Crippen LogP contribution in [0.5, 0.6) is 0 Å². The van der Waals surface area contributed by atoms with E-state index in [9.17, 15) is 9.18 Å². The zero-order valence-corrected chi connectivity index (χ0v) is 13.1. The van der Waals surface area contributed by atoms with Gasteiger partial charge in [0.25, 0.3) is 0 Å². The number of aromatic amines is 1. The molecule has 0 fully saturated rings. The van der Waals surface area contributed by atoms with Crippen molar-refractivity contribution in [3.8, 4) is 0 Å². The van der Waals surface area contributed by atoms with Crippen molar-refractivity contribution >= 4 is 28.9 Å². The van der Waals surface area contributed by atoms with Crippen molar-refractivity contribution in [2.45, 2.75) is 11.6 Å². The van der Waals surface area contributed by atoms with Crippen LogP contribution in [-0.2, 0) is 6.42 Å². The quantitative estimate of drug-likeness (QED) is 0.553. The number of hydrogen-bond donors (Lipinski definition) is 1. The zero-order chi connectivity index (χ0) is 15.4. The van der Waals surface area contributed by atoms with Gasteiger partial charge in [-0.3, -0.25) is 9.89 Å². The van der Waals surface area contributed by atoms with Gasteiger partial charge in [0.1, 0.15) is 11.6 Å². The summed E-state index contributed by atoms with van der Waals surface area (Å²) in [5, 5.41) is 9.53. The summed E-state index contributed by atoms with van der Waals surface area (Å²) in [6.45, 7) is 0. The molecule has 2 aromatic heterocycles. The highest BCUT2D eigenvalue weighted by Gasteiger charge is 2.10. The molecule has 0 bridgehead atoms. The van der Waals surface area contributed by atoms with Crippen LogP contribution in [0, 0.1) is 5.82 Å². The Labute approximate surface area is 134 Å². The van der Waals surface area contributed by atoms with E-state index in [1.807, 2.05) is 17.5 Å². The molecule has 1 aromatic carbocycles. The molecule has 0 unspecified atom stereocenters. The molecule has 4 nitrogen and oxygen atoms in total. The maximum absolute atomic E-state index is 12.8. The van der Waals surface area contributed by atoms with E-state index in [1.165, 1.54) is 40.9 Å². The molecule has 0 amide bonds. The first-order valence-electron chi connectivity index (χ1n) is 6.56. The lowest BCUT2D eigenvalue weighted by Crippen LogP contribution is -2.02. The Morgan fingerprint density at radius 3 is 2.82 bits per heavy atom. The number of Topliss-reactive ketones (excluding diaryl/α,β-unsaturated/α-hetero) is 1. The third kappa shape index (κ3) is 3.80. The first kappa shape index (κ1) is 14.9. The number of thiophene rings is 1. The average molecular weight is 333 g/mol. The monoisotopic (exact) mass is 333 g/mol. The minimum Gasteiger partial charge on any atom is -0.293 e. The number of ketones is 1. The number of rotatable bonds is 6. The molecule has 7 heteroatoms. The molecule has 0 saturated heterocycles. The first-order chi connectivity index (χ1) is 10.7. The summed E-state index contributed by atoms with van der Waals surface area (Å²) in [4.78, 5) is 17.5. The summed E-state index contributed by atoms with van der Waals surface area (Å²) in [6, 6.07) is 9.57. The number of H-pyrrole nitrogens is 1. The smallest absolute Gasteiger partial charge is 0.208 e. The number of carbonyl (C=O) groups excluding carboxylic acids is 1. The van der Waals surface area contributed by atoms with Crippen molar-refractivity contribution in [3.05, 3.63) is 63.9 Å². The van der Waals surface area contributed by atoms with Gasteiger partial charge in [0.2, 0.25) is 5.16 Å². The number of halogens is 1. The largest absolute Gasteiger partial charge is 0.293 e. The number of carbonyl (C=O) groups is 1. The van der Waals surface area contributed by atoms with Gasteiger partial charge >= 0.3 is 0 Å². The van der Waals surface area contributed by atoms with E-state index in [0.29, 0.717) is 17.1 Å². The Hall–Kier alpha value is -1.99. The molecule has 22 heavy (non-hydrogen) atoms. The van der Waals surface area contributed by atoms with Crippen molar-refractivity contribution in [2.24, 2.45) is 0 Å². The van der Waals surface area contributed by atoms with Gasteiger partial charge in [0.05, 0.1) is 5.75 Å². The SMILES string of the molecule is O=C(CSc1n[nH]c(Cc2cccs2)n1)c1ccc(F)cc1. The molecular weight excluding hydrogens is 321 g/mol. The molecule has 0 aliphatic heterocycles. The summed E-state index contributed by atoms with van der Waals surface area (Å²) >= 11 is 2.93. The van der Waals surface area contributed by atoms with E-state index >= 15 is 0 Å². The van der Waals surface area contributed by atoms with Gasteiger partial charge in [-0.1, -0.05) is 17.8 Å². The first-order valence-corrected chi connectivity index (χ1v) is 8.42. The number of aromatic nitrogens is 3. The fourth-order valence-corrected chi connectivity index (χ4v) is 3.27. The number of benzene rings is 1. The van der Waals surface area contributed by atoms with Crippen LogP contribution in [0.25, 0.3) is 0 Å². The van der Waals surface area contributed by atoms with Crippen LogP contribution in [0.1, 0.15) is 21.1 Å². The Kier molecular flexibility index (Phi) is 4.65. The molecule has 0 aliphatic carbocycles. The van der Waals surface area contributed by atoms with Crippen molar-refractivity contribution < 1.29 is 9.18 Å². The second-order valence-electron chi connectivity index (χ2n) is 4.54. The maximum Gasteiger partial charge on any atom is 0.208 e. The van der Waals surface area contributed by atoms with Crippen LogP contribution in [-0.4, -0.2) is 26.7 Å². The molecule has 112 valence electrons. The van der Waals surface area contributed by atoms with Crippen molar-refractivity contribution in [2.75, 3.05) is 5.75 Å². The standard InChI is InChI=1S/C15H12FN3OS2/c16-11-5-3-10(4-6-11)13(20)9-22-15-17-14(18-19-15)8-12-2-1-7-21-12/h1-7H,8-9H2,(H,17,18,19). The van der Waals surface area contributed by atoms with Crippen LogP contribution in [0.4, 0.5) is 4.39 Å². The number of thioether (sulfide) groups is 1. The minimum atomic E-state index is -0.351. The Balaban J connectivity index is 1.56. The molecule has 0 aliphatic rings. The predicted molar refractivity (Wildman–Crippen MR) is 85.0 cm³/mol. The average Bonchev–Trinajstić information content (AvgIpc) is 3.18. The Morgan fingerprint density at radius 1 is 1.27 bits per heavy atom. The van der Waals surface area contributed by atoms with E-state index in [0.717, 1.165) is 5.82 Å².